The summed E-state index contributed by atoms with van der Waals surface area (Å²) < 4.78 is 27.3. The molecule has 0 aliphatic heterocycles. The van der Waals surface area contributed by atoms with Gasteiger partial charge in [0.05, 0.1) is 6.04 Å². The average Bonchev–Trinajstić information content (AvgIpc) is 2.73. The van der Waals surface area contributed by atoms with E-state index in [4.69, 9.17) is 0 Å². The van der Waals surface area contributed by atoms with E-state index in [1.54, 1.807) is 0 Å². The van der Waals surface area contributed by atoms with Gasteiger partial charge in [-0.15, -0.1) is 0 Å². The van der Waals surface area contributed by atoms with Crippen molar-refractivity contribution < 1.29 is 13.6 Å². The van der Waals surface area contributed by atoms with Crippen molar-refractivity contribution in [1.82, 2.24) is 5.32 Å². The van der Waals surface area contributed by atoms with Gasteiger partial charge in [-0.25, -0.2) is 8.78 Å². The monoisotopic (exact) mass is 392 g/mol. The van der Waals surface area contributed by atoms with Crippen LogP contribution in [0.15, 0.2) is 78.9 Å². The lowest BCUT2D eigenvalue weighted by Crippen LogP contribution is -2.24. The predicted octanol–water partition coefficient (Wildman–Crippen LogP) is 5.47. The van der Waals surface area contributed by atoms with E-state index in [0.717, 1.165) is 35.5 Å². The van der Waals surface area contributed by atoms with Gasteiger partial charge in [0.25, 0.3) is 0 Å². The SMILES string of the molecule is C[C@H](NC(=O)/C=C\c1c(F)cccc1F)c1cccc(NCc2ccccc2)c1. The first-order valence-electron chi connectivity index (χ1n) is 9.33. The molecule has 0 aliphatic rings. The van der Waals surface area contributed by atoms with Crippen molar-refractivity contribution in [2.45, 2.75) is 19.5 Å². The van der Waals surface area contributed by atoms with Crippen LogP contribution in [0.1, 0.15) is 29.7 Å². The van der Waals surface area contributed by atoms with Gasteiger partial charge in [0.1, 0.15) is 11.6 Å². The third kappa shape index (κ3) is 5.75. The van der Waals surface area contributed by atoms with E-state index >= 15 is 0 Å². The zero-order chi connectivity index (χ0) is 20.6. The molecule has 0 aliphatic carbocycles. The minimum atomic E-state index is -0.709. The Kier molecular flexibility index (Phi) is 6.74. The Labute approximate surface area is 169 Å². The molecule has 0 bridgehead atoms. The Morgan fingerprint density at radius 3 is 2.38 bits per heavy atom. The maximum absolute atomic E-state index is 13.6. The van der Waals surface area contributed by atoms with E-state index in [1.165, 1.54) is 11.6 Å². The molecule has 3 rings (SSSR count). The summed E-state index contributed by atoms with van der Waals surface area (Å²) in [6, 6.07) is 21.1. The highest BCUT2D eigenvalue weighted by Crippen LogP contribution is 2.19. The fourth-order valence-electron chi connectivity index (χ4n) is 2.89. The fraction of sp³-hybridized carbons (Fsp3) is 0.125. The molecule has 148 valence electrons. The minimum Gasteiger partial charge on any atom is -0.381 e. The summed E-state index contributed by atoms with van der Waals surface area (Å²) in [6.07, 6.45) is 2.28. The highest BCUT2D eigenvalue weighted by molar-refractivity contribution is 5.92. The number of carbonyl (C=O) groups is 1. The van der Waals surface area contributed by atoms with Crippen molar-refractivity contribution in [2.24, 2.45) is 0 Å². The van der Waals surface area contributed by atoms with E-state index < -0.39 is 17.5 Å². The number of amides is 1. The lowest BCUT2D eigenvalue weighted by molar-refractivity contribution is -0.117. The molecule has 5 heteroatoms. The predicted molar refractivity (Wildman–Crippen MR) is 112 cm³/mol. The van der Waals surface area contributed by atoms with Crippen LogP contribution in [0.4, 0.5) is 14.5 Å². The number of hydrogen-bond donors (Lipinski definition) is 2. The van der Waals surface area contributed by atoms with E-state index in [9.17, 15) is 13.6 Å². The van der Waals surface area contributed by atoms with Crippen molar-refractivity contribution in [3.8, 4) is 0 Å². The maximum Gasteiger partial charge on any atom is 0.244 e. The summed E-state index contributed by atoms with van der Waals surface area (Å²) in [5, 5.41) is 6.17. The van der Waals surface area contributed by atoms with Crippen LogP contribution in [-0.4, -0.2) is 5.91 Å². The van der Waals surface area contributed by atoms with Gasteiger partial charge >= 0.3 is 0 Å². The number of carbonyl (C=O) groups excluding carboxylic acids is 1. The molecule has 0 unspecified atom stereocenters. The second kappa shape index (κ2) is 9.64. The van der Waals surface area contributed by atoms with Crippen LogP contribution < -0.4 is 10.6 Å². The summed E-state index contributed by atoms with van der Waals surface area (Å²) in [4.78, 5) is 12.2. The van der Waals surface area contributed by atoms with Gasteiger partial charge < -0.3 is 10.6 Å². The molecule has 2 N–H and O–H groups in total. The van der Waals surface area contributed by atoms with E-state index in [0.29, 0.717) is 6.54 Å². The first kappa shape index (κ1) is 20.3. The Balaban J connectivity index is 1.60. The maximum atomic E-state index is 13.6. The van der Waals surface area contributed by atoms with Gasteiger partial charge in [-0.05, 0) is 48.4 Å². The van der Waals surface area contributed by atoms with Crippen molar-refractivity contribution in [3.63, 3.8) is 0 Å². The standard InChI is InChI=1S/C24H22F2N2O/c1-17(28-24(29)14-13-21-22(25)11-6-12-23(21)26)19-9-5-10-20(15-19)27-16-18-7-3-2-4-8-18/h2-15,17,27H,16H2,1H3,(H,28,29)/b14-13-/t17-/m0/s1. The normalized spacial score (nSPS) is 12.0. The van der Waals surface area contributed by atoms with Crippen LogP contribution in [-0.2, 0) is 11.3 Å². The molecule has 0 saturated carbocycles. The van der Waals surface area contributed by atoms with Crippen molar-refractivity contribution >= 4 is 17.7 Å². The molecule has 1 amide bonds. The van der Waals surface area contributed by atoms with E-state index in [-0.39, 0.29) is 11.6 Å². The molecule has 3 nitrogen and oxygen atoms in total. The number of hydrogen-bond acceptors (Lipinski definition) is 2. The van der Waals surface area contributed by atoms with Crippen LogP contribution in [0.5, 0.6) is 0 Å². The highest BCUT2D eigenvalue weighted by Gasteiger charge is 2.10. The molecule has 0 fully saturated rings. The Bertz CT molecular complexity index is 983. The molecule has 3 aromatic rings. The Hall–Kier alpha value is -3.47. The summed E-state index contributed by atoms with van der Waals surface area (Å²) in [5.74, 6) is -1.85. The van der Waals surface area contributed by atoms with Gasteiger partial charge in [-0.1, -0.05) is 48.5 Å². The fourth-order valence-corrected chi connectivity index (χ4v) is 2.89. The van der Waals surface area contributed by atoms with Crippen LogP contribution >= 0.6 is 0 Å². The molecule has 0 spiro atoms. The van der Waals surface area contributed by atoms with Crippen LogP contribution in [0, 0.1) is 11.6 Å². The first-order chi connectivity index (χ1) is 14.0. The quantitative estimate of drug-likeness (QED) is 0.524. The molecular weight excluding hydrogens is 370 g/mol. The van der Waals surface area contributed by atoms with Gasteiger partial charge in [0.15, 0.2) is 0 Å². The molecule has 3 aromatic carbocycles. The molecule has 29 heavy (non-hydrogen) atoms. The summed E-state index contributed by atoms with van der Waals surface area (Å²) in [7, 11) is 0. The highest BCUT2D eigenvalue weighted by atomic mass is 19.1. The molecular formula is C24H22F2N2O. The number of nitrogens with one attached hydrogen (secondary N) is 2. The first-order valence-corrected chi connectivity index (χ1v) is 9.33. The zero-order valence-corrected chi connectivity index (χ0v) is 16.0. The average molecular weight is 392 g/mol. The topological polar surface area (TPSA) is 41.1 Å². The van der Waals surface area contributed by atoms with Crippen LogP contribution in [0.25, 0.3) is 6.08 Å². The van der Waals surface area contributed by atoms with Gasteiger partial charge in [0, 0.05) is 23.9 Å². The van der Waals surface area contributed by atoms with Crippen LogP contribution in [0.3, 0.4) is 0 Å². The Morgan fingerprint density at radius 2 is 1.66 bits per heavy atom. The van der Waals surface area contributed by atoms with Crippen LogP contribution in [0.2, 0.25) is 0 Å². The zero-order valence-electron chi connectivity index (χ0n) is 16.0. The van der Waals surface area contributed by atoms with Crippen molar-refractivity contribution in [3.05, 3.63) is 107 Å². The summed E-state index contributed by atoms with van der Waals surface area (Å²) in [6.45, 7) is 2.55. The minimum absolute atomic E-state index is 0.234. The molecule has 0 heterocycles. The summed E-state index contributed by atoms with van der Waals surface area (Å²) >= 11 is 0. The second-order valence-electron chi connectivity index (χ2n) is 6.66. The van der Waals surface area contributed by atoms with E-state index in [2.05, 4.69) is 10.6 Å². The molecule has 1 atom stereocenters. The lowest BCUT2D eigenvalue weighted by Gasteiger charge is -2.15. The third-order valence-electron chi connectivity index (χ3n) is 4.49. The smallest absolute Gasteiger partial charge is 0.244 e. The van der Waals surface area contributed by atoms with Gasteiger partial charge in [0.2, 0.25) is 5.91 Å². The van der Waals surface area contributed by atoms with Crippen molar-refractivity contribution in [2.75, 3.05) is 5.32 Å². The lowest BCUT2D eigenvalue weighted by atomic mass is 10.1. The Morgan fingerprint density at radius 1 is 0.966 bits per heavy atom. The largest absolute Gasteiger partial charge is 0.381 e. The summed E-state index contributed by atoms with van der Waals surface area (Å²) in [5.41, 5.74) is 2.80. The number of halogens is 2. The van der Waals surface area contributed by atoms with Gasteiger partial charge in [-0.2, -0.15) is 0 Å². The second-order valence-corrected chi connectivity index (χ2v) is 6.66. The third-order valence-corrected chi connectivity index (χ3v) is 4.49. The van der Waals surface area contributed by atoms with E-state index in [1.807, 2.05) is 61.5 Å². The number of benzene rings is 3. The number of anilines is 1. The number of rotatable bonds is 7. The molecule has 0 aromatic heterocycles. The van der Waals surface area contributed by atoms with Crippen molar-refractivity contribution in [1.29, 1.82) is 0 Å². The molecule has 0 radical (unpaired) electrons. The van der Waals surface area contributed by atoms with Gasteiger partial charge in [-0.3, -0.25) is 4.79 Å². The molecule has 0 saturated heterocycles.